The van der Waals surface area contributed by atoms with Crippen LogP contribution in [-0.2, 0) is 17.1 Å². The first kappa shape index (κ1) is 17.0. The Morgan fingerprint density at radius 3 is 2.65 bits per heavy atom. The molecule has 0 bridgehead atoms. The Kier molecular flexibility index (Phi) is 5.20. The minimum Gasteiger partial charge on any atom is -0.354 e. The summed E-state index contributed by atoms with van der Waals surface area (Å²) in [6, 6.07) is 1.27. The fourth-order valence-corrected chi connectivity index (χ4v) is 3.73. The van der Waals surface area contributed by atoms with Crippen LogP contribution >= 0.6 is 12.4 Å². The van der Waals surface area contributed by atoms with Crippen molar-refractivity contribution < 1.29 is 13.2 Å². The molecule has 1 saturated heterocycles. The zero-order valence-corrected chi connectivity index (χ0v) is 13.0. The van der Waals surface area contributed by atoms with Crippen molar-refractivity contribution in [3.63, 3.8) is 0 Å². The third-order valence-electron chi connectivity index (χ3n) is 3.26. The maximum atomic E-state index is 12.4. The van der Waals surface area contributed by atoms with E-state index in [0.717, 1.165) is 0 Å². The molecule has 1 atom stereocenters. The Labute approximate surface area is 124 Å². The summed E-state index contributed by atoms with van der Waals surface area (Å²) in [5.41, 5.74) is 6.04. The summed E-state index contributed by atoms with van der Waals surface area (Å²) >= 11 is 0. The number of sulfonamides is 1. The monoisotopic (exact) mass is 322 g/mol. The number of amides is 1. The van der Waals surface area contributed by atoms with E-state index in [4.69, 9.17) is 5.73 Å². The highest BCUT2D eigenvalue weighted by Gasteiger charge is 2.32. The van der Waals surface area contributed by atoms with Gasteiger partial charge in [-0.2, -0.15) is 4.31 Å². The quantitative estimate of drug-likeness (QED) is 0.786. The van der Waals surface area contributed by atoms with E-state index in [1.165, 1.54) is 28.2 Å². The maximum Gasteiger partial charge on any atom is 0.267 e. The highest BCUT2D eigenvalue weighted by molar-refractivity contribution is 7.89. The molecule has 2 heterocycles. The van der Waals surface area contributed by atoms with Crippen molar-refractivity contribution in [2.24, 2.45) is 12.8 Å². The first-order valence-corrected chi connectivity index (χ1v) is 7.44. The van der Waals surface area contributed by atoms with E-state index in [1.54, 1.807) is 7.05 Å². The molecular formula is C11H19ClN4O3S. The van der Waals surface area contributed by atoms with Crippen LogP contribution in [0.3, 0.4) is 0 Å². The molecule has 20 heavy (non-hydrogen) atoms. The first-order valence-electron chi connectivity index (χ1n) is 6.00. The molecule has 0 radical (unpaired) electrons. The second kappa shape index (κ2) is 6.13. The van der Waals surface area contributed by atoms with E-state index in [9.17, 15) is 13.2 Å². The van der Waals surface area contributed by atoms with Crippen LogP contribution < -0.4 is 11.1 Å². The SMILES string of the molecule is CNC(=O)c1cc(S(=O)(=O)N2CCC(N)C2)cn1C.Cl. The van der Waals surface area contributed by atoms with Crippen molar-refractivity contribution in [3.05, 3.63) is 18.0 Å². The molecule has 1 fully saturated rings. The third-order valence-corrected chi connectivity index (χ3v) is 5.10. The minimum absolute atomic E-state index is 0. The van der Waals surface area contributed by atoms with Crippen LogP contribution in [0.25, 0.3) is 0 Å². The molecule has 1 aliphatic heterocycles. The molecule has 9 heteroatoms. The van der Waals surface area contributed by atoms with E-state index in [2.05, 4.69) is 5.32 Å². The number of hydrogen-bond donors (Lipinski definition) is 2. The number of halogens is 1. The second-order valence-corrected chi connectivity index (χ2v) is 6.60. The Balaban J connectivity index is 0.00000200. The van der Waals surface area contributed by atoms with E-state index >= 15 is 0 Å². The number of aromatic nitrogens is 1. The summed E-state index contributed by atoms with van der Waals surface area (Å²) in [6.45, 7) is 0.750. The van der Waals surface area contributed by atoms with Crippen LogP contribution in [0.2, 0.25) is 0 Å². The van der Waals surface area contributed by atoms with Gasteiger partial charge in [0.25, 0.3) is 5.91 Å². The lowest BCUT2D eigenvalue weighted by atomic mass is 10.3. The fourth-order valence-electron chi connectivity index (χ4n) is 2.15. The van der Waals surface area contributed by atoms with Gasteiger partial charge in [0.2, 0.25) is 10.0 Å². The number of nitrogens with zero attached hydrogens (tertiary/aromatic N) is 2. The fraction of sp³-hybridized carbons (Fsp3) is 0.545. The number of nitrogens with two attached hydrogens (primary N) is 1. The standard InChI is InChI=1S/C11H18N4O3S.ClH/c1-13-11(16)10-5-9(7-14(10)2)19(17,18)15-4-3-8(12)6-15;/h5,7-8H,3-4,6,12H2,1-2H3,(H,13,16);1H. The molecule has 1 aromatic rings. The second-order valence-electron chi connectivity index (χ2n) is 4.66. The Morgan fingerprint density at radius 2 is 2.15 bits per heavy atom. The Bertz CT molecular complexity index is 599. The summed E-state index contributed by atoms with van der Waals surface area (Å²) in [5, 5.41) is 2.48. The lowest BCUT2D eigenvalue weighted by molar-refractivity contribution is 0.0955. The highest BCUT2D eigenvalue weighted by atomic mass is 35.5. The van der Waals surface area contributed by atoms with Gasteiger partial charge < -0.3 is 15.6 Å². The zero-order valence-electron chi connectivity index (χ0n) is 11.4. The van der Waals surface area contributed by atoms with E-state index in [1.807, 2.05) is 0 Å². The molecule has 1 aromatic heterocycles. The predicted octanol–water partition coefficient (Wildman–Crippen LogP) is -0.472. The van der Waals surface area contributed by atoms with Crippen molar-refractivity contribution in [1.82, 2.24) is 14.2 Å². The molecule has 0 aliphatic carbocycles. The molecule has 114 valence electrons. The molecule has 1 unspecified atom stereocenters. The van der Waals surface area contributed by atoms with E-state index in [0.29, 0.717) is 25.2 Å². The number of hydrogen-bond acceptors (Lipinski definition) is 4. The summed E-state index contributed by atoms with van der Waals surface area (Å²) in [4.78, 5) is 11.7. The van der Waals surface area contributed by atoms with Gasteiger partial charge in [-0.3, -0.25) is 4.79 Å². The Morgan fingerprint density at radius 1 is 1.50 bits per heavy atom. The van der Waals surface area contributed by atoms with Gasteiger partial charge >= 0.3 is 0 Å². The van der Waals surface area contributed by atoms with Crippen molar-refractivity contribution >= 4 is 28.3 Å². The average Bonchev–Trinajstić information content (AvgIpc) is 2.95. The minimum atomic E-state index is -3.56. The molecular weight excluding hydrogens is 304 g/mol. The number of nitrogens with one attached hydrogen (secondary N) is 1. The van der Waals surface area contributed by atoms with Crippen molar-refractivity contribution in [3.8, 4) is 0 Å². The lowest BCUT2D eigenvalue weighted by Crippen LogP contribution is -2.31. The van der Waals surface area contributed by atoms with Crippen LogP contribution in [0, 0.1) is 0 Å². The van der Waals surface area contributed by atoms with Crippen LogP contribution in [0.5, 0.6) is 0 Å². The normalized spacial score (nSPS) is 19.6. The van der Waals surface area contributed by atoms with Gasteiger partial charge in [0.1, 0.15) is 10.6 Å². The van der Waals surface area contributed by atoms with Gasteiger partial charge in [0.05, 0.1) is 0 Å². The predicted molar refractivity (Wildman–Crippen MR) is 77.4 cm³/mol. The highest BCUT2D eigenvalue weighted by Crippen LogP contribution is 2.22. The number of carbonyl (C=O) groups is 1. The number of carbonyl (C=O) groups excluding carboxylic acids is 1. The van der Waals surface area contributed by atoms with Crippen molar-refractivity contribution in [1.29, 1.82) is 0 Å². The summed E-state index contributed by atoms with van der Waals surface area (Å²) in [7, 11) is -0.421. The van der Waals surface area contributed by atoms with Crippen LogP contribution in [0.4, 0.5) is 0 Å². The lowest BCUT2D eigenvalue weighted by Gasteiger charge is -2.14. The smallest absolute Gasteiger partial charge is 0.267 e. The van der Waals surface area contributed by atoms with Crippen LogP contribution in [-0.4, -0.2) is 49.4 Å². The number of aryl methyl sites for hydroxylation is 1. The molecule has 2 rings (SSSR count). The first-order chi connectivity index (χ1) is 8.86. The largest absolute Gasteiger partial charge is 0.354 e. The van der Waals surface area contributed by atoms with Gasteiger partial charge in [-0.25, -0.2) is 8.42 Å². The molecule has 1 aliphatic rings. The van der Waals surface area contributed by atoms with Crippen LogP contribution in [0.15, 0.2) is 17.2 Å². The topological polar surface area (TPSA) is 97.4 Å². The Hall–Kier alpha value is -1.09. The molecule has 0 aromatic carbocycles. The number of rotatable bonds is 3. The van der Waals surface area contributed by atoms with Gasteiger partial charge in [-0.15, -0.1) is 12.4 Å². The zero-order chi connectivity index (χ0) is 14.2. The average molecular weight is 323 g/mol. The van der Waals surface area contributed by atoms with Gasteiger partial charge in [-0.1, -0.05) is 0 Å². The molecule has 1 amide bonds. The molecule has 0 saturated carbocycles. The maximum absolute atomic E-state index is 12.4. The summed E-state index contributed by atoms with van der Waals surface area (Å²) in [6.07, 6.45) is 2.11. The van der Waals surface area contributed by atoms with Crippen molar-refractivity contribution in [2.75, 3.05) is 20.1 Å². The molecule has 7 nitrogen and oxygen atoms in total. The van der Waals surface area contributed by atoms with Crippen molar-refractivity contribution in [2.45, 2.75) is 17.4 Å². The summed E-state index contributed by atoms with van der Waals surface area (Å²) in [5.74, 6) is -0.318. The van der Waals surface area contributed by atoms with Crippen LogP contribution in [0.1, 0.15) is 16.9 Å². The van der Waals surface area contributed by atoms with E-state index < -0.39 is 10.0 Å². The van der Waals surface area contributed by atoms with Gasteiger partial charge in [0, 0.05) is 39.4 Å². The van der Waals surface area contributed by atoms with Gasteiger partial charge in [0.15, 0.2) is 0 Å². The van der Waals surface area contributed by atoms with E-state index in [-0.39, 0.29) is 29.3 Å². The molecule has 3 N–H and O–H groups in total. The van der Waals surface area contributed by atoms with Gasteiger partial charge in [-0.05, 0) is 12.5 Å². The molecule has 0 spiro atoms. The summed E-state index contributed by atoms with van der Waals surface area (Å²) < 4.78 is 27.6. The third kappa shape index (κ3) is 2.98.